The van der Waals surface area contributed by atoms with Gasteiger partial charge in [0.1, 0.15) is 17.3 Å². The maximum absolute atomic E-state index is 11.0. The van der Waals surface area contributed by atoms with E-state index in [2.05, 4.69) is 21.3 Å². The summed E-state index contributed by atoms with van der Waals surface area (Å²) in [5.41, 5.74) is 5.42. The van der Waals surface area contributed by atoms with E-state index in [1.165, 1.54) is 0 Å². The van der Waals surface area contributed by atoms with Crippen LogP contribution in [0.25, 0.3) is 22.0 Å². The number of aryl methyl sites for hydroxylation is 1. The molecule has 6 nitrogen and oxygen atoms in total. The van der Waals surface area contributed by atoms with Crippen molar-refractivity contribution >= 4 is 22.0 Å². The third kappa shape index (κ3) is 2.84. The Balaban J connectivity index is 1.94. The molecule has 0 saturated heterocycles. The van der Waals surface area contributed by atoms with E-state index in [0.29, 0.717) is 11.6 Å². The Labute approximate surface area is 147 Å². The van der Waals surface area contributed by atoms with Gasteiger partial charge in [-0.05, 0) is 36.5 Å². The fraction of sp³-hybridized carbons (Fsp3) is 0.278. The van der Waals surface area contributed by atoms with Gasteiger partial charge >= 0.3 is 0 Å². The van der Waals surface area contributed by atoms with Gasteiger partial charge in [-0.1, -0.05) is 29.3 Å². The van der Waals surface area contributed by atoms with E-state index < -0.39 is 11.1 Å². The topological polar surface area (TPSA) is 105 Å². The van der Waals surface area contributed by atoms with Crippen molar-refractivity contribution in [2.24, 2.45) is 0 Å². The second-order valence-electron chi connectivity index (χ2n) is 6.35. The van der Waals surface area contributed by atoms with Crippen LogP contribution in [0, 0.1) is 18.3 Å². The van der Waals surface area contributed by atoms with E-state index in [1.807, 2.05) is 19.1 Å². The molecule has 3 aromatic rings. The molecule has 1 aromatic carbocycles. The van der Waals surface area contributed by atoms with E-state index in [0.717, 1.165) is 51.7 Å². The summed E-state index contributed by atoms with van der Waals surface area (Å²) in [6.45, 7) is 1.88. The SMILES string of the molecule is Cc1cc(-c2c(C#N)ncc3n[nH]c(C4CC4)c23)ccc1CS(=O)[O-]. The molecule has 1 saturated carbocycles. The van der Waals surface area contributed by atoms with Gasteiger partial charge in [-0.3, -0.25) is 9.31 Å². The molecule has 7 heteroatoms. The van der Waals surface area contributed by atoms with Crippen LogP contribution in [0.4, 0.5) is 0 Å². The molecule has 126 valence electrons. The zero-order valence-electron chi connectivity index (χ0n) is 13.6. The average molecular weight is 351 g/mol. The monoisotopic (exact) mass is 351 g/mol. The summed E-state index contributed by atoms with van der Waals surface area (Å²) in [6.07, 6.45) is 3.87. The molecule has 1 atom stereocenters. The Morgan fingerprint density at radius 3 is 2.88 bits per heavy atom. The predicted octanol–water partition coefficient (Wildman–Crippen LogP) is 3.06. The number of benzene rings is 1. The van der Waals surface area contributed by atoms with Crippen molar-refractivity contribution in [3.63, 3.8) is 0 Å². The van der Waals surface area contributed by atoms with Gasteiger partial charge in [-0.25, -0.2) is 4.98 Å². The highest BCUT2D eigenvalue weighted by Crippen LogP contribution is 2.44. The maximum atomic E-state index is 11.0. The Kier molecular flexibility index (Phi) is 3.86. The number of pyridine rings is 1. The van der Waals surface area contributed by atoms with Crippen LogP contribution in [0.5, 0.6) is 0 Å². The fourth-order valence-electron chi connectivity index (χ4n) is 3.21. The Bertz CT molecular complexity index is 1050. The zero-order chi connectivity index (χ0) is 17.6. The number of hydrogen-bond acceptors (Lipinski definition) is 5. The van der Waals surface area contributed by atoms with Crippen LogP contribution < -0.4 is 0 Å². The van der Waals surface area contributed by atoms with Gasteiger partial charge in [0.25, 0.3) is 0 Å². The third-order valence-electron chi connectivity index (χ3n) is 4.62. The van der Waals surface area contributed by atoms with Crippen molar-refractivity contribution in [2.75, 3.05) is 0 Å². The minimum Gasteiger partial charge on any atom is -0.772 e. The second-order valence-corrected chi connectivity index (χ2v) is 7.25. The van der Waals surface area contributed by atoms with Crippen LogP contribution in [0.15, 0.2) is 24.4 Å². The molecule has 1 unspecified atom stereocenters. The number of aromatic amines is 1. The molecule has 25 heavy (non-hydrogen) atoms. The third-order valence-corrected chi connectivity index (χ3v) is 5.17. The molecule has 2 aromatic heterocycles. The minimum atomic E-state index is -2.13. The first-order valence-electron chi connectivity index (χ1n) is 8.01. The number of nitriles is 1. The van der Waals surface area contributed by atoms with Gasteiger partial charge < -0.3 is 4.55 Å². The van der Waals surface area contributed by atoms with Crippen LogP contribution in [0.3, 0.4) is 0 Å². The lowest BCUT2D eigenvalue weighted by Crippen LogP contribution is -1.98. The van der Waals surface area contributed by atoms with Gasteiger partial charge in [-0.15, -0.1) is 0 Å². The van der Waals surface area contributed by atoms with Crippen LogP contribution in [0.2, 0.25) is 0 Å². The van der Waals surface area contributed by atoms with Crippen LogP contribution in [-0.2, 0) is 16.8 Å². The minimum absolute atomic E-state index is 0.0152. The summed E-state index contributed by atoms with van der Waals surface area (Å²) in [7, 11) is 0. The highest BCUT2D eigenvalue weighted by molar-refractivity contribution is 7.78. The summed E-state index contributed by atoms with van der Waals surface area (Å²) < 4.78 is 22.0. The molecule has 0 radical (unpaired) electrons. The largest absolute Gasteiger partial charge is 0.772 e. The molecule has 0 spiro atoms. The quantitative estimate of drug-likeness (QED) is 0.727. The molecule has 1 N–H and O–H groups in total. The molecule has 1 aliphatic carbocycles. The number of H-pyrrole nitrogens is 1. The lowest BCUT2D eigenvalue weighted by Gasteiger charge is -2.12. The van der Waals surface area contributed by atoms with Crippen molar-refractivity contribution in [1.82, 2.24) is 15.2 Å². The molecule has 0 aliphatic heterocycles. The van der Waals surface area contributed by atoms with Crippen LogP contribution in [0.1, 0.15) is 41.3 Å². The zero-order valence-corrected chi connectivity index (χ0v) is 14.4. The van der Waals surface area contributed by atoms with E-state index in [1.54, 1.807) is 12.3 Å². The smallest absolute Gasteiger partial charge is 0.149 e. The molecule has 4 rings (SSSR count). The first-order chi connectivity index (χ1) is 12.1. The normalized spacial score (nSPS) is 15.2. The number of rotatable bonds is 4. The van der Waals surface area contributed by atoms with Crippen LogP contribution >= 0.6 is 0 Å². The van der Waals surface area contributed by atoms with Gasteiger partial charge in [0.2, 0.25) is 0 Å². The van der Waals surface area contributed by atoms with Crippen molar-refractivity contribution in [3.8, 4) is 17.2 Å². The number of hydrogen-bond donors (Lipinski definition) is 1. The number of fused-ring (bicyclic) bond motifs is 1. The van der Waals surface area contributed by atoms with Crippen molar-refractivity contribution in [1.29, 1.82) is 5.26 Å². The average Bonchev–Trinajstić information content (AvgIpc) is 3.34. The summed E-state index contributed by atoms with van der Waals surface area (Å²) in [4.78, 5) is 4.25. The number of aromatic nitrogens is 3. The fourth-order valence-corrected chi connectivity index (χ4v) is 3.79. The Morgan fingerprint density at radius 1 is 1.44 bits per heavy atom. The standard InChI is InChI=1S/C18H16N4O2S/c1-10-6-12(4-5-13(10)9-25(23)24)16-14(7-19)20-8-15-17(16)18(22-21-15)11-2-3-11/h4-6,8,11H,2-3,9H2,1H3,(H,21,22)(H,23,24)/p-1. The molecular formula is C18H15N4O2S-. The van der Waals surface area contributed by atoms with E-state index in [4.69, 9.17) is 0 Å². The van der Waals surface area contributed by atoms with Gasteiger partial charge in [0, 0.05) is 28.3 Å². The van der Waals surface area contributed by atoms with E-state index >= 15 is 0 Å². The predicted molar refractivity (Wildman–Crippen MR) is 93.4 cm³/mol. The summed E-state index contributed by atoms with van der Waals surface area (Å²) >= 11 is -2.13. The summed E-state index contributed by atoms with van der Waals surface area (Å²) in [5, 5.41) is 17.9. The Hall–Kier alpha value is -2.56. The molecule has 0 bridgehead atoms. The number of nitrogens with zero attached hydrogens (tertiary/aromatic N) is 3. The molecule has 1 fully saturated rings. The van der Waals surface area contributed by atoms with Gasteiger partial charge in [0.15, 0.2) is 0 Å². The Morgan fingerprint density at radius 2 is 2.24 bits per heavy atom. The highest BCUT2D eigenvalue weighted by Gasteiger charge is 2.29. The van der Waals surface area contributed by atoms with Crippen molar-refractivity contribution < 1.29 is 8.76 Å². The molecule has 0 amide bonds. The second kappa shape index (κ2) is 6.06. The summed E-state index contributed by atoms with van der Waals surface area (Å²) in [6, 6.07) is 7.76. The van der Waals surface area contributed by atoms with Gasteiger partial charge in [-0.2, -0.15) is 10.4 Å². The first-order valence-corrected chi connectivity index (χ1v) is 9.25. The molecular weight excluding hydrogens is 336 g/mol. The van der Waals surface area contributed by atoms with Gasteiger partial charge in [0.05, 0.1) is 6.20 Å². The first kappa shape index (κ1) is 15.9. The van der Waals surface area contributed by atoms with Crippen molar-refractivity contribution in [2.45, 2.75) is 31.4 Å². The highest BCUT2D eigenvalue weighted by atomic mass is 32.2. The lowest BCUT2D eigenvalue weighted by molar-refractivity contribution is 0.536. The molecule has 1 aliphatic rings. The molecule has 2 heterocycles. The summed E-state index contributed by atoms with van der Waals surface area (Å²) in [5.74, 6) is 0.444. The van der Waals surface area contributed by atoms with E-state index in [9.17, 15) is 14.0 Å². The van der Waals surface area contributed by atoms with Crippen LogP contribution in [-0.4, -0.2) is 23.9 Å². The number of nitrogens with one attached hydrogen (secondary N) is 1. The van der Waals surface area contributed by atoms with E-state index in [-0.39, 0.29) is 5.75 Å². The lowest BCUT2D eigenvalue weighted by atomic mass is 9.95. The maximum Gasteiger partial charge on any atom is 0.149 e. The van der Waals surface area contributed by atoms with Crippen molar-refractivity contribution in [3.05, 3.63) is 46.9 Å².